The molecule has 2 rings (SSSR count). The zero-order valence-corrected chi connectivity index (χ0v) is 19.9. The fourth-order valence-electron chi connectivity index (χ4n) is 3.42. The molecule has 1 saturated carbocycles. The van der Waals surface area contributed by atoms with Gasteiger partial charge in [0, 0.05) is 5.56 Å². The highest BCUT2D eigenvalue weighted by Gasteiger charge is 2.31. The van der Waals surface area contributed by atoms with E-state index in [-0.39, 0.29) is 13.0 Å². The van der Waals surface area contributed by atoms with Gasteiger partial charge in [0.15, 0.2) is 5.90 Å². The van der Waals surface area contributed by atoms with Crippen molar-refractivity contribution in [3.63, 3.8) is 0 Å². The molecule has 1 aliphatic rings. The van der Waals surface area contributed by atoms with Crippen LogP contribution in [0.4, 0.5) is 13.2 Å². The van der Waals surface area contributed by atoms with E-state index >= 15 is 0 Å². The van der Waals surface area contributed by atoms with Gasteiger partial charge in [-0.15, -0.1) is 13.2 Å². The van der Waals surface area contributed by atoms with Crippen molar-refractivity contribution in [1.82, 2.24) is 0 Å². The van der Waals surface area contributed by atoms with E-state index < -0.39 is 18.1 Å². The molecule has 0 atom stereocenters. The molecule has 0 heterocycles. The fraction of sp³-hybridized carbons (Fsp3) is 0.385. The van der Waals surface area contributed by atoms with Crippen LogP contribution in [0.3, 0.4) is 0 Å². The van der Waals surface area contributed by atoms with Crippen LogP contribution >= 0.6 is 0 Å². The molecule has 1 aromatic rings. The third kappa shape index (κ3) is 9.35. The minimum Gasteiger partial charge on any atom is -0.493 e. The molecule has 0 aliphatic heterocycles. The smallest absolute Gasteiger partial charge is 0.493 e. The number of rotatable bonds is 13. The van der Waals surface area contributed by atoms with E-state index in [0.717, 1.165) is 36.1 Å². The number of nitrogens with zero attached hydrogens (tertiary/aromatic N) is 1. The standard InChI is InChI=1S/C26H30F3NO5/c1-5-18(12-13-21(6-2)35-26(27,28)29)17(3)30-23(33-4)14-15-34-22-9-7-8-20(16-24(31)32)25(22)19-10-11-19/h6-9,12-13,19H,2-3,5,10-11,14-16H2,1,4H3,(H,31,32)/b18-12+,21-13+,30-23?. The van der Waals surface area contributed by atoms with E-state index in [4.69, 9.17) is 9.47 Å². The Hall–Kier alpha value is -3.49. The molecule has 0 aromatic heterocycles. The summed E-state index contributed by atoms with van der Waals surface area (Å²) in [7, 11) is 1.46. The fourth-order valence-corrected chi connectivity index (χ4v) is 3.42. The number of aliphatic imine (C=N–C) groups is 1. The first-order valence-corrected chi connectivity index (χ1v) is 11.1. The molecule has 35 heavy (non-hydrogen) atoms. The Morgan fingerprint density at radius 2 is 2.00 bits per heavy atom. The van der Waals surface area contributed by atoms with Gasteiger partial charge < -0.3 is 19.3 Å². The number of carboxylic acids is 1. The summed E-state index contributed by atoms with van der Waals surface area (Å²) in [5.74, 6) is -0.0405. The Balaban J connectivity index is 2.08. The normalized spacial score (nSPS) is 14.9. The van der Waals surface area contributed by atoms with Crippen LogP contribution in [0.5, 0.6) is 5.75 Å². The highest BCUT2D eigenvalue weighted by atomic mass is 19.4. The summed E-state index contributed by atoms with van der Waals surface area (Å²) in [6.07, 6.45) is 1.45. The number of hydrogen-bond acceptors (Lipinski definition) is 5. The molecular formula is C26H30F3NO5. The van der Waals surface area contributed by atoms with Gasteiger partial charge in [-0.05, 0) is 54.5 Å². The monoisotopic (exact) mass is 493 g/mol. The molecule has 0 spiro atoms. The number of carbonyl (C=O) groups is 1. The Kier molecular flexibility index (Phi) is 10.2. The van der Waals surface area contributed by atoms with Gasteiger partial charge in [-0.3, -0.25) is 4.79 Å². The van der Waals surface area contributed by atoms with Crippen LogP contribution in [0, 0.1) is 0 Å². The largest absolute Gasteiger partial charge is 0.573 e. The molecule has 0 radical (unpaired) electrons. The van der Waals surface area contributed by atoms with E-state index in [9.17, 15) is 23.1 Å². The van der Waals surface area contributed by atoms with Gasteiger partial charge in [-0.2, -0.15) is 0 Å². The lowest BCUT2D eigenvalue weighted by Crippen LogP contribution is -2.12. The molecule has 1 N–H and O–H groups in total. The Labute approximate surface area is 203 Å². The van der Waals surface area contributed by atoms with Crippen molar-refractivity contribution >= 4 is 11.9 Å². The van der Waals surface area contributed by atoms with Crippen molar-refractivity contribution in [2.24, 2.45) is 4.99 Å². The van der Waals surface area contributed by atoms with E-state index in [2.05, 4.69) is 22.9 Å². The average Bonchev–Trinajstić information content (AvgIpc) is 3.62. The van der Waals surface area contributed by atoms with Gasteiger partial charge in [0.1, 0.15) is 11.5 Å². The Bertz CT molecular complexity index is 1020. The molecule has 190 valence electrons. The van der Waals surface area contributed by atoms with Crippen molar-refractivity contribution in [1.29, 1.82) is 0 Å². The summed E-state index contributed by atoms with van der Waals surface area (Å²) in [5, 5.41) is 9.20. The lowest BCUT2D eigenvalue weighted by molar-refractivity contribution is -0.303. The van der Waals surface area contributed by atoms with Crippen molar-refractivity contribution in [3.8, 4) is 5.75 Å². The summed E-state index contributed by atoms with van der Waals surface area (Å²) in [5.41, 5.74) is 2.61. The number of alkyl halides is 3. The number of methoxy groups -OCH3 is 1. The zero-order chi connectivity index (χ0) is 26.0. The van der Waals surface area contributed by atoms with Crippen LogP contribution in [-0.4, -0.2) is 37.1 Å². The number of halogens is 3. The second-order valence-corrected chi connectivity index (χ2v) is 7.79. The third-order valence-electron chi connectivity index (χ3n) is 5.19. The van der Waals surface area contributed by atoms with Crippen molar-refractivity contribution < 1.29 is 37.3 Å². The molecule has 0 saturated heterocycles. The molecule has 1 aliphatic carbocycles. The number of hydrogen-bond donors (Lipinski definition) is 1. The molecule has 9 heteroatoms. The Morgan fingerprint density at radius 1 is 1.29 bits per heavy atom. The number of carboxylic acid groups (broad SMARTS) is 1. The molecule has 0 bridgehead atoms. The maximum absolute atomic E-state index is 12.4. The molecular weight excluding hydrogens is 463 g/mol. The highest BCUT2D eigenvalue weighted by molar-refractivity contribution is 5.77. The summed E-state index contributed by atoms with van der Waals surface area (Å²) < 4.78 is 52.5. The number of benzene rings is 1. The van der Waals surface area contributed by atoms with Crippen molar-refractivity contribution in [2.45, 2.75) is 51.3 Å². The molecule has 0 amide bonds. The maximum Gasteiger partial charge on any atom is 0.573 e. The van der Waals surface area contributed by atoms with Gasteiger partial charge in [0.05, 0.1) is 32.3 Å². The van der Waals surface area contributed by atoms with Crippen LogP contribution in [-0.2, 0) is 20.7 Å². The predicted octanol–water partition coefficient (Wildman–Crippen LogP) is 6.46. The van der Waals surface area contributed by atoms with Crippen LogP contribution in [0.15, 0.2) is 71.6 Å². The highest BCUT2D eigenvalue weighted by Crippen LogP contribution is 2.46. The first kappa shape index (κ1) is 27.8. The van der Waals surface area contributed by atoms with E-state index in [0.29, 0.717) is 41.7 Å². The lowest BCUT2D eigenvalue weighted by Gasteiger charge is -2.15. The van der Waals surface area contributed by atoms with Crippen LogP contribution in [0.25, 0.3) is 0 Å². The predicted molar refractivity (Wildman–Crippen MR) is 127 cm³/mol. The molecule has 0 unspecified atom stereocenters. The number of ether oxygens (including phenoxy) is 3. The number of allylic oxidation sites excluding steroid dienone is 4. The quantitative estimate of drug-likeness (QED) is 0.148. The summed E-state index contributed by atoms with van der Waals surface area (Å²) in [6.45, 7) is 9.27. The van der Waals surface area contributed by atoms with Crippen LogP contribution in [0.2, 0.25) is 0 Å². The van der Waals surface area contributed by atoms with Gasteiger partial charge in [-0.25, -0.2) is 4.99 Å². The third-order valence-corrected chi connectivity index (χ3v) is 5.19. The van der Waals surface area contributed by atoms with Gasteiger partial charge >= 0.3 is 12.3 Å². The van der Waals surface area contributed by atoms with Crippen molar-refractivity contribution in [2.75, 3.05) is 13.7 Å². The second kappa shape index (κ2) is 12.8. The molecule has 6 nitrogen and oxygen atoms in total. The zero-order valence-electron chi connectivity index (χ0n) is 19.9. The first-order chi connectivity index (χ1) is 16.6. The van der Waals surface area contributed by atoms with Gasteiger partial charge in [-0.1, -0.05) is 38.3 Å². The summed E-state index contributed by atoms with van der Waals surface area (Å²) >= 11 is 0. The summed E-state index contributed by atoms with van der Waals surface area (Å²) in [4.78, 5) is 15.6. The number of aliphatic carboxylic acids is 1. The van der Waals surface area contributed by atoms with E-state index in [1.54, 1.807) is 6.07 Å². The first-order valence-electron chi connectivity index (χ1n) is 11.1. The van der Waals surface area contributed by atoms with Crippen molar-refractivity contribution in [3.05, 3.63) is 77.7 Å². The van der Waals surface area contributed by atoms with E-state index in [1.165, 1.54) is 13.2 Å². The minimum atomic E-state index is -4.81. The minimum absolute atomic E-state index is 0.0597. The van der Waals surface area contributed by atoms with Crippen LogP contribution < -0.4 is 4.74 Å². The Morgan fingerprint density at radius 3 is 2.54 bits per heavy atom. The lowest BCUT2D eigenvalue weighted by atomic mass is 9.99. The second-order valence-electron chi connectivity index (χ2n) is 7.79. The SMILES string of the molecule is C=C/C(=C\C=C(/CC)C(=C)N=C(CCOc1cccc(CC(=O)O)c1C1CC1)OC)OC(F)(F)F. The molecule has 1 fully saturated rings. The summed E-state index contributed by atoms with van der Waals surface area (Å²) in [6, 6.07) is 5.41. The van der Waals surface area contributed by atoms with Crippen LogP contribution in [0.1, 0.15) is 49.7 Å². The topological polar surface area (TPSA) is 77.4 Å². The van der Waals surface area contributed by atoms with Gasteiger partial charge in [0.2, 0.25) is 0 Å². The van der Waals surface area contributed by atoms with E-state index in [1.807, 2.05) is 19.1 Å². The maximum atomic E-state index is 12.4. The molecule has 1 aromatic carbocycles. The average molecular weight is 494 g/mol. The van der Waals surface area contributed by atoms with Gasteiger partial charge in [0.25, 0.3) is 0 Å².